The van der Waals surface area contributed by atoms with Crippen LogP contribution in [0.3, 0.4) is 0 Å². The first kappa shape index (κ1) is 6.66. The number of hydrogen-bond acceptors (Lipinski definition) is 1. The molecule has 1 nitrogen and oxygen atoms in total. The smallest absolute Gasteiger partial charge is 0.0613 e. The Labute approximate surface area is 62.8 Å². The van der Waals surface area contributed by atoms with Crippen LogP contribution in [-0.4, -0.2) is 12.7 Å². The Morgan fingerprint density at radius 1 is 1.50 bits per heavy atom. The maximum absolute atomic E-state index is 5.60. The molecule has 1 aliphatic carbocycles. The lowest BCUT2D eigenvalue weighted by Gasteiger charge is -2.46. The van der Waals surface area contributed by atoms with E-state index in [1.54, 1.807) is 0 Å². The van der Waals surface area contributed by atoms with E-state index in [2.05, 4.69) is 20.8 Å². The standard InChI is InChI=1S/C9H16O/c1-6(2)9-4-8(7(9)3)10-5-9/h6-8H,4-5H2,1-3H3. The molecule has 0 N–H and O–H groups in total. The van der Waals surface area contributed by atoms with Crippen LogP contribution in [0.15, 0.2) is 0 Å². The third-order valence-corrected chi connectivity index (χ3v) is 3.76. The van der Waals surface area contributed by atoms with Crippen molar-refractivity contribution < 1.29 is 4.74 Å². The van der Waals surface area contributed by atoms with Crippen LogP contribution in [-0.2, 0) is 4.74 Å². The van der Waals surface area contributed by atoms with Gasteiger partial charge in [-0.25, -0.2) is 0 Å². The molecule has 0 aromatic carbocycles. The maximum atomic E-state index is 5.60. The first-order valence-corrected chi connectivity index (χ1v) is 4.28. The molecular weight excluding hydrogens is 124 g/mol. The molecule has 0 spiro atoms. The van der Waals surface area contributed by atoms with E-state index >= 15 is 0 Å². The average molecular weight is 140 g/mol. The minimum absolute atomic E-state index is 0.574. The van der Waals surface area contributed by atoms with Crippen LogP contribution >= 0.6 is 0 Å². The largest absolute Gasteiger partial charge is 0.377 e. The van der Waals surface area contributed by atoms with E-state index in [4.69, 9.17) is 4.74 Å². The molecule has 0 amide bonds. The zero-order valence-corrected chi connectivity index (χ0v) is 7.05. The van der Waals surface area contributed by atoms with Crippen LogP contribution in [0.4, 0.5) is 0 Å². The van der Waals surface area contributed by atoms with Gasteiger partial charge in [0.25, 0.3) is 0 Å². The third kappa shape index (κ3) is 0.531. The van der Waals surface area contributed by atoms with Crippen LogP contribution in [0.25, 0.3) is 0 Å². The van der Waals surface area contributed by atoms with Gasteiger partial charge in [-0.2, -0.15) is 0 Å². The highest BCUT2D eigenvalue weighted by Gasteiger charge is 2.59. The van der Waals surface area contributed by atoms with E-state index in [0.29, 0.717) is 11.5 Å². The minimum atomic E-state index is 0.574. The van der Waals surface area contributed by atoms with Gasteiger partial charge in [0.1, 0.15) is 0 Å². The zero-order valence-electron chi connectivity index (χ0n) is 7.05. The number of fused-ring (bicyclic) bond motifs is 1. The minimum Gasteiger partial charge on any atom is -0.377 e. The molecule has 2 heterocycles. The molecule has 3 rings (SSSR count). The zero-order chi connectivity index (χ0) is 7.35. The quantitative estimate of drug-likeness (QED) is 0.541. The Kier molecular flexibility index (Phi) is 1.17. The lowest BCUT2D eigenvalue weighted by molar-refractivity contribution is 0.0131. The van der Waals surface area contributed by atoms with Crippen LogP contribution in [0.2, 0.25) is 0 Å². The van der Waals surface area contributed by atoms with E-state index in [1.807, 2.05) is 0 Å². The topological polar surface area (TPSA) is 9.23 Å². The van der Waals surface area contributed by atoms with Crippen molar-refractivity contribution in [3.8, 4) is 0 Å². The summed E-state index contributed by atoms with van der Waals surface area (Å²) in [5.41, 5.74) is 0.574. The molecule has 3 atom stereocenters. The highest BCUT2D eigenvalue weighted by Crippen LogP contribution is 2.58. The highest BCUT2D eigenvalue weighted by atomic mass is 16.5. The summed E-state index contributed by atoms with van der Waals surface area (Å²) in [5, 5.41) is 0. The Morgan fingerprint density at radius 2 is 2.20 bits per heavy atom. The molecule has 2 saturated heterocycles. The molecule has 2 aliphatic heterocycles. The third-order valence-electron chi connectivity index (χ3n) is 3.76. The first-order chi connectivity index (χ1) is 4.67. The number of hydrogen-bond donors (Lipinski definition) is 0. The van der Waals surface area contributed by atoms with Gasteiger partial charge in [0, 0.05) is 5.41 Å². The predicted molar refractivity (Wildman–Crippen MR) is 40.8 cm³/mol. The maximum Gasteiger partial charge on any atom is 0.0613 e. The summed E-state index contributed by atoms with van der Waals surface area (Å²) in [6, 6.07) is 0. The summed E-state index contributed by atoms with van der Waals surface area (Å²) in [4.78, 5) is 0. The molecule has 10 heavy (non-hydrogen) atoms. The van der Waals surface area contributed by atoms with Crippen molar-refractivity contribution in [2.24, 2.45) is 17.3 Å². The van der Waals surface area contributed by atoms with Gasteiger partial charge in [-0.1, -0.05) is 20.8 Å². The summed E-state index contributed by atoms with van der Waals surface area (Å²) in [6.45, 7) is 8.00. The van der Waals surface area contributed by atoms with Gasteiger partial charge in [-0.3, -0.25) is 0 Å². The van der Waals surface area contributed by atoms with Gasteiger partial charge in [-0.05, 0) is 18.3 Å². The fourth-order valence-electron chi connectivity index (χ4n) is 2.53. The summed E-state index contributed by atoms with van der Waals surface area (Å²) in [7, 11) is 0. The first-order valence-electron chi connectivity index (χ1n) is 4.28. The van der Waals surface area contributed by atoms with E-state index < -0.39 is 0 Å². The van der Waals surface area contributed by atoms with Gasteiger partial charge < -0.3 is 4.74 Å². The Balaban J connectivity index is 2.18. The molecule has 1 heteroatoms. The van der Waals surface area contributed by atoms with Gasteiger partial charge in [-0.15, -0.1) is 0 Å². The molecule has 0 aromatic heterocycles. The summed E-state index contributed by atoms with van der Waals surface area (Å²) in [6.07, 6.45) is 1.94. The Bertz CT molecular complexity index is 149. The monoisotopic (exact) mass is 140 g/mol. The fraction of sp³-hybridized carbons (Fsp3) is 1.00. The van der Waals surface area contributed by atoms with Crippen LogP contribution in [0, 0.1) is 17.3 Å². The van der Waals surface area contributed by atoms with Crippen molar-refractivity contribution in [3.05, 3.63) is 0 Å². The predicted octanol–water partition coefficient (Wildman–Crippen LogP) is 2.07. The lowest BCUT2D eigenvalue weighted by atomic mass is 9.56. The second-order valence-corrected chi connectivity index (χ2v) is 4.23. The van der Waals surface area contributed by atoms with E-state index in [1.165, 1.54) is 6.42 Å². The summed E-state index contributed by atoms with van der Waals surface area (Å²) < 4.78 is 5.60. The molecule has 3 fully saturated rings. The second-order valence-electron chi connectivity index (χ2n) is 4.23. The van der Waals surface area contributed by atoms with Crippen molar-refractivity contribution in [3.63, 3.8) is 0 Å². The fourth-order valence-corrected chi connectivity index (χ4v) is 2.53. The summed E-state index contributed by atoms with van der Waals surface area (Å²) in [5.74, 6) is 1.63. The van der Waals surface area contributed by atoms with E-state index in [0.717, 1.165) is 18.4 Å². The Morgan fingerprint density at radius 3 is 2.40 bits per heavy atom. The van der Waals surface area contributed by atoms with Crippen LogP contribution in [0.5, 0.6) is 0 Å². The van der Waals surface area contributed by atoms with Crippen molar-refractivity contribution in [2.75, 3.05) is 6.61 Å². The highest BCUT2D eigenvalue weighted by molar-refractivity contribution is 5.07. The van der Waals surface area contributed by atoms with Crippen LogP contribution in [0.1, 0.15) is 27.2 Å². The normalized spacial score (nSPS) is 51.6. The molecule has 0 radical (unpaired) electrons. The lowest BCUT2D eigenvalue weighted by Crippen LogP contribution is -2.46. The molecule has 3 unspecified atom stereocenters. The molecule has 1 saturated carbocycles. The SMILES string of the molecule is CC(C)C12COC(C1)C2C. The summed E-state index contributed by atoms with van der Waals surface area (Å²) >= 11 is 0. The van der Waals surface area contributed by atoms with E-state index in [9.17, 15) is 0 Å². The molecule has 2 bridgehead atoms. The average Bonchev–Trinajstić information content (AvgIpc) is 2.41. The molecular formula is C9H16O. The van der Waals surface area contributed by atoms with Gasteiger partial charge >= 0.3 is 0 Å². The van der Waals surface area contributed by atoms with Gasteiger partial charge in [0.05, 0.1) is 12.7 Å². The van der Waals surface area contributed by atoms with Crippen molar-refractivity contribution in [1.82, 2.24) is 0 Å². The molecule has 3 aliphatic rings. The van der Waals surface area contributed by atoms with Crippen molar-refractivity contribution in [2.45, 2.75) is 33.3 Å². The second kappa shape index (κ2) is 1.76. The van der Waals surface area contributed by atoms with Crippen LogP contribution < -0.4 is 0 Å². The molecule has 0 aromatic rings. The molecule has 58 valence electrons. The Hall–Kier alpha value is -0.0400. The number of rotatable bonds is 1. The van der Waals surface area contributed by atoms with E-state index in [-0.39, 0.29) is 0 Å². The van der Waals surface area contributed by atoms with Crippen molar-refractivity contribution in [1.29, 1.82) is 0 Å². The van der Waals surface area contributed by atoms with Crippen molar-refractivity contribution >= 4 is 0 Å². The van der Waals surface area contributed by atoms with Gasteiger partial charge in [0.2, 0.25) is 0 Å². The number of ether oxygens (including phenoxy) is 1. The van der Waals surface area contributed by atoms with Gasteiger partial charge in [0.15, 0.2) is 0 Å².